The molecule has 4 rings (SSSR count). The molecule has 0 saturated carbocycles. The SMILES string of the molecule is COc1cc(/C=C2/C(=O)NC(=O)N(c3cc(C(F)(F)F)ccc3Cl)C2=O)cc(Cl)c1OCc1ccc(F)cc1. The summed E-state index contributed by atoms with van der Waals surface area (Å²) in [5, 5.41) is 1.62. The van der Waals surface area contributed by atoms with Crippen molar-refractivity contribution in [2.75, 3.05) is 12.0 Å². The molecule has 4 amide bonds. The first-order valence-electron chi connectivity index (χ1n) is 10.9. The second-order valence-corrected chi connectivity index (χ2v) is 8.89. The normalized spacial score (nSPS) is 15.0. The van der Waals surface area contributed by atoms with E-state index in [2.05, 4.69) is 0 Å². The van der Waals surface area contributed by atoms with Crippen molar-refractivity contribution < 1.29 is 41.4 Å². The summed E-state index contributed by atoms with van der Waals surface area (Å²) in [6, 6.07) is 9.12. The minimum absolute atomic E-state index is 0.0203. The second-order valence-electron chi connectivity index (χ2n) is 8.07. The van der Waals surface area contributed by atoms with Crippen molar-refractivity contribution in [3.05, 3.63) is 92.7 Å². The van der Waals surface area contributed by atoms with Crippen molar-refractivity contribution in [2.45, 2.75) is 12.8 Å². The summed E-state index contributed by atoms with van der Waals surface area (Å²) in [6.45, 7) is 0.0203. The monoisotopic (exact) mass is 582 g/mol. The highest BCUT2D eigenvalue weighted by Crippen LogP contribution is 2.39. The van der Waals surface area contributed by atoms with Gasteiger partial charge in [-0.05, 0) is 59.7 Å². The molecule has 3 aromatic rings. The van der Waals surface area contributed by atoms with Crippen LogP contribution in [0.5, 0.6) is 11.5 Å². The van der Waals surface area contributed by atoms with E-state index in [1.165, 1.54) is 43.5 Å². The van der Waals surface area contributed by atoms with Crippen LogP contribution in [0.1, 0.15) is 16.7 Å². The molecule has 39 heavy (non-hydrogen) atoms. The molecule has 3 aromatic carbocycles. The highest BCUT2D eigenvalue weighted by molar-refractivity contribution is 6.42. The number of ether oxygens (including phenoxy) is 2. The highest BCUT2D eigenvalue weighted by atomic mass is 35.5. The molecule has 1 aliphatic rings. The third-order valence-electron chi connectivity index (χ3n) is 5.48. The molecule has 0 radical (unpaired) electrons. The van der Waals surface area contributed by atoms with E-state index in [0.29, 0.717) is 22.6 Å². The first-order chi connectivity index (χ1) is 18.4. The topological polar surface area (TPSA) is 84.9 Å². The van der Waals surface area contributed by atoms with Crippen molar-refractivity contribution in [1.82, 2.24) is 5.32 Å². The number of rotatable bonds is 6. The van der Waals surface area contributed by atoms with Crippen molar-refractivity contribution in [2.24, 2.45) is 0 Å². The van der Waals surface area contributed by atoms with Gasteiger partial charge in [0.05, 0.1) is 28.4 Å². The van der Waals surface area contributed by atoms with E-state index in [4.69, 9.17) is 32.7 Å². The first-order valence-corrected chi connectivity index (χ1v) is 11.7. The van der Waals surface area contributed by atoms with Crippen molar-refractivity contribution in [3.63, 3.8) is 0 Å². The van der Waals surface area contributed by atoms with Crippen LogP contribution in [0.2, 0.25) is 10.0 Å². The highest BCUT2D eigenvalue weighted by Gasteiger charge is 2.39. The number of benzene rings is 3. The van der Waals surface area contributed by atoms with Gasteiger partial charge in [0.2, 0.25) is 0 Å². The summed E-state index contributed by atoms with van der Waals surface area (Å²) in [7, 11) is 1.32. The van der Waals surface area contributed by atoms with Gasteiger partial charge < -0.3 is 9.47 Å². The number of carbonyl (C=O) groups excluding carboxylic acids is 3. The number of barbiturate groups is 1. The summed E-state index contributed by atoms with van der Waals surface area (Å²) in [5.74, 6) is -2.47. The van der Waals surface area contributed by atoms with Crippen LogP contribution in [-0.4, -0.2) is 25.0 Å². The Hall–Kier alpha value is -4.09. The summed E-state index contributed by atoms with van der Waals surface area (Å²) < 4.78 is 63.9. The van der Waals surface area contributed by atoms with E-state index in [1.54, 1.807) is 0 Å². The van der Waals surface area contributed by atoms with Crippen LogP contribution in [0.15, 0.2) is 60.2 Å². The molecule has 13 heteroatoms. The van der Waals surface area contributed by atoms with Gasteiger partial charge in [-0.3, -0.25) is 14.9 Å². The van der Waals surface area contributed by atoms with Gasteiger partial charge in [-0.1, -0.05) is 35.3 Å². The van der Waals surface area contributed by atoms with Crippen LogP contribution in [0, 0.1) is 5.82 Å². The molecule has 0 aromatic heterocycles. The number of nitrogens with zero attached hydrogens (tertiary/aromatic N) is 1. The molecule has 0 spiro atoms. The molecule has 1 N–H and O–H groups in total. The van der Waals surface area contributed by atoms with Crippen molar-refractivity contribution >= 4 is 52.8 Å². The molecular formula is C26H16Cl2F4N2O5. The molecule has 202 valence electrons. The quantitative estimate of drug-likeness (QED) is 0.206. The van der Waals surface area contributed by atoms with Gasteiger partial charge in [-0.25, -0.2) is 14.1 Å². The van der Waals surface area contributed by atoms with Crippen LogP contribution in [-0.2, 0) is 22.4 Å². The lowest BCUT2D eigenvalue weighted by molar-refractivity contribution is -0.137. The summed E-state index contributed by atoms with van der Waals surface area (Å²) in [4.78, 5) is 38.5. The average molecular weight is 583 g/mol. The number of urea groups is 1. The predicted molar refractivity (Wildman–Crippen MR) is 134 cm³/mol. The van der Waals surface area contributed by atoms with Gasteiger partial charge in [-0.2, -0.15) is 13.2 Å². The average Bonchev–Trinajstić information content (AvgIpc) is 2.87. The zero-order chi connectivity index (χ0) is 28.5. The van der Waals surface area contributed by atoms with Gasteiger partial charge in [-0.15, -0.1) is 0 Å². The number of anilines is 1. The molecule has 7 nitrogen and oxygen atoms in total. The van der Waals surface area contributed by atoms with E-state index in [-0.39, 0.29) is 33.7 Å². The number of carbonyl (C=O) groups is 3. The number of methoxy groups -OCH3 is 1. The molecule has 0 aliphatic carbocycles. The van der Waals surface area contributed by atoms with E-state index >= 15 is 0 Å². The Kier molecular flexibility index (Phi) is 7.84. The lowest BCUT2D eigenvalue weighted by atomic mass is 10.1. The Morgan fingerprint density at radius 2 is 1.67 bits per heavy atom. The standard InChI is InChI=1S/C26H16Cl2F4N2O5/c1-38-21-10-14(9-19(28)22(21)39-12-13-2-5-16(29)6-3-13)8-17-23(35)33-25(37)34(24(17)36)20-11-15(26(30,31)32)4-7-18(20)27/h2-11H,12H2,1H3,(H,33,35,37)/b17-8-. The fraction of sp³-hybridized carbons (Fsp3) is 0.115. The molecule has 0 atom stereocenters. The van der Waals surface area contributed by atoms with Gasteiger partial charge in [0.15, 0.2) is 11.5 Å². The van der Waals surface area contributed by atoms with E-state index < -0.39 is 46.7 Å². The van der Waals surface area contributed by atoms with Gasteiger partial charge in [0.1, 0.15) is 18.0 Å². The number of hydrogen-bond donors (Lipinski definition) is 1. The van der Waals surface area contributed by atoms with E-state index in [1.807, 2.05) is 5.32 Å². The summed E-state index contributed by atoms with van der Waals surface area (Å²) in [5.41, 5.74) is -1.48. The summed E-state index contributed by atoms with van der Waals surface area (Å²) in [6.07, 6.45) is -3.70. The Bertz CT molecular complexity index is 1510. The Morgan fingerprint density at radius 1 is 0.974 bits per heavy atom. The molecule has 1 fully saturated rings. The fourth-order valence-corrected chi connectivity index (χ4v) is 4.08. The minimum atomic E-state index is -4.78. The van der Waals surface area contributed by atoms with Crippen LogP contribution >= 0.6 is 23.2 Å². The Labute approximate surface area is 228 Å². The Balaban J connectivity index is 1.67. The number of hydrogen-bond acceptors (Lipinski definition) is 5. The van der Waals surface area contributed by atoms with Crippen LogP contribution < -0.4 is 19.7 Å². The molecular weight excluding hydrogens is 567 g/mol. The van der Waals surface area contributed by atoms with Gasteiger partial charge in [0.25, 0.3) is 11.8 Å². The van der Waals surface area contributed by atoms with E-state index in [9.17, 15) is 31.9 Å². The smallest absolute Gasteiger partial charge is 0.416 e. The maximum Gasteiger partial charge on any atom is 0.416 e. The lowest BCUT2D eigenvalue weighted by Crippen LogP contribution is -2.54. The molecule has 1 saturated heterocycles. The maximum absolute atomic E-state index is 13.2. The number of nitrogens with one attached hydrogen (secondary N) is 1. The number of imide groups is 2. The zero-order valence-corrected chi connectivity index (χ0v) is 21.2. The second kappa shape index (κ2) is 11.0. The van der Waals surface area contributed by atoms with Gasteiger partial charge in [0, 0.05) is 0 Å². The van der Waals surface area contributed by atoms with Crippen LogP contribution in [0.3, 0.4) is 0 Å². The predicted octanol–water partition coefficient (Wildman–Crippen LogP) is 6.41. The van der Waals surface area contributed by atoms with Crippen molar-refractivity contribution in [3.8, 4) is 11.5 Å². The number of amides is 4. The fourth-order valence-electron chi connectivity index (χ4n) is 3.60. The zero-order valence-electron chi connectivity index (χ0n) is 19.7. The van der Waals surface area contributed by atoms with Crippen LogP contribution in [0.25, 0.3) is 6.08 Å². The summed E-state index contributed by atoms with van der Waals surface area (Å²) >= 11 is 12.4. The maximum atomic E-state index is 13.2. The first kappa shape index (κ1) is 27.9. The van der Waals surface area contributed by atoms with E-state index in [0.717, 1.165) is 12.1 Å². The molecule has 0 unspecified atom stereocenters. The lowest BCUT2D eigenvalue weighted by Gasteiger charge is -2.27. The largest absolute Gasteiger partial charge is 0.493 e. The molecule has 1 aliphatic heterocycles. The third-order valence-corrected chi connectivity index (χ3v) is 6.08. The number of alkyl halides is 3. The minimum Gasteiger partial charge on any atom is -0.493 e. The van der Waals surface area contributed by atoms with Crippen molar-refractivity contribution in [1.29, 1.82) is 0 Å². The third kappa shape index (κ3) is 5.99. The number of halogens is 6. The molecule has 1 heterocycles. The molecule has 0 bridgehead atoms. The van der Waals surface area contributed by atoms with Gasteiger partial charge >= 0.3 is 12.2 Å². The Morgan fingerprint density at radius 3 is 2.31 bits per heavy atom. The van der Waals surface area contributed by atoms with Crippen LogP contribution in [0.4, 0.5) is 28.0 Å².